The van der Waals surface area contributed by atoms with E-state index in [1.54, 1.807) is 11.3 Å². The van der Waals surface area contributed by atoms with Gasteiger partial charge < -0.3 is 10.0 Å². The van der Waals surface area contributed by atoms with Gasteiger partial charge in [-0.2, -0.15) is 5.26 Å². The predicted molar refractivity (Wildman–Crippen MR) is 91.7 cm³/mol. The van der Waals surface area contributed by atoms with Gasteiger partial charge in [0.25, 0.3) is 0 Å². The number of hydrogen-bond acceptors (Lipinski definition) is 4. The molecule has 1 aromatic heterocycles. The van der Waals surface area contributed by atoms with Crippen molar-refractivity contribution in [3.8, 4) is 6.07 Å². The first-order valence-electron chi connectivity index (χ1n) is 7.65. The van der Waals surface area contributed by atoms with Crippen LogP contribution in [0.1, 0.15) is 58.6 Å². The molecular weight excluding hydrogens is 296 g/mol. The second kappa shape index (κ2) is 7.64. The number of carbonyl (C=O) groups is 1. The third-order valence-corrected chi connectivity index (χ3v) is 4.59. The van der Waals surface area contributed by atoms with E-state index in [4.69, 9.17) is 5.11 Å². The van der Waals surface area contributed by atoms with Crippen molar-refractivity contribution in [1.82, 2.24) is 0 Å². The maximum absolute atomic E-state index is 10.9. The lowest BCUT2D eigenvalue weighted by Gasteiger charge is -2.25. The van der Waals surface area contributed by atoms with E-state index in [1.165, 1.54) is 0 Å². The summed E-state index contributed by atoms with van der Waals surface area (Å²) in [6.45, 7) is 11.8. The predicted octanol–water partition coefficient (Wildman–Crippen LogP) is 4.24. The molecule has 4 nitrogen and oxygen atoms in total. The van der Waals surface area contributed by atoms with Crippen LogP contribution in [0.15, 0.2) is 5.38 Å². The first kappa shape index (κ1) is 18.5. The molecular formula is C17H26N2O2S. The molecule has 0 atom stereocenters. The summed E-state index contributed by atoms with van der Waals surface area (Å²) in [7, 11) is 0. The van der Waals surface area contributed by atoms with Crippen molar-refractivity contribution in [1.29, 1.82) is 5.26 Å². The highest BCUT2D eigenvalue weighted by atomic mass is 32.1. The van der Waals surface area contributed by atoms with Gasteiger partial charge in [-0.15, -0.1) is 11.3 Å². The third kappa shape index (κ3) is 5.03. The molecule has 1 rings (SSSR count). The van der Waals surface area contributed by atoms with Crippen molar-refractivity contribution in [3.63, 3.8) is 0 Å². The zero-order chi connectivity index (χ0) is 16.9. The van der Waals surface area contributed by atoms with Crippen LogP contribution in [0.25, 0.3) is 0 Å². The highest BCUT2D eigenvalue weighted by Gasteiger charge is 2.25. The van der Waals surface area contributed by atoms with E-state index in [1.807, 2.05) is 5.38 Å². The molecule has 1 heterocycles. The van der Waals surface area contributed by atoms with Gasteiger partial charge in [0.2, 0.25) is 0 Å². The molecule has 1 aromatic rings. The number of carboxylic acid groups (broad SMARTS) is 1. The molecule has 0 unspecified atom stereocenters. The number of thiophene rings is 1. The van der Waals surface area contributed by atoms with Crippen LogP contribution in [-0.2, 0) is 10.2 Å². The summed E-state index contributed by atoms with van der Waals surface area (Å²) in [5, 5.41) is 21.5. The number of hydrogen-bond donors (Lipinski definition) is 1. The Kier molecular flexibility index (Phi) is 6.43. The molecule has 0 bridgehead atoms. The summed E-state index contributed by atoms with van der Waals surface area (Å²) < 4.78 is 0. The zero-order valence-corrected chi connectivity index (χ0v) is 15.0. The molecule has 122 valence electrons. The number of rotatable bonds is 7. The summed E-state index contributed by atoms with van der Waals surface area (Å²) in [4.78, 5) is 13.0. The molecule has 5 heteroatoms. The van der Waals surface area contributed by atoms with Crippen LogP contribution in [0.5, 0.6) is 0 Å². The molecule has 0 fully saturated rings. The summed E-state index contributed by atoms with van der Waals surface area (Å²) >= 11 is 1.55. The first-order valence-corrected chi connectivity index (χ1v) is 8.53. The largest absolute Gasteiger partial charge is 0.481 e. The van der Waals surface area contributed by atoms with Gasteiger partial charge in [-0.25, -0.2) is 0 Å². The van der Waals surface area contributed by atoms with E-state index < -0.39 is 5.97 Å². The van der Waals surface area contributed by atoms with Crippen molar-refractivity contribution >= 4 is 22.3 Å². The Hall–Kier alpha value is -1.54. The maximum atomic E-state index is 10.9. The van der Waals surface area contributed by atoms with E-state index in [-0.39, 0.29) is 11.8 Å². The normalized spacial score (nSPS) is 11.5. The van der Waals surface area contributed by atoms with Gasteiger partial charge >= 0.3 is 5.97 Å². The van der Waals surface area contributed by atoms with Crippen LogP contribution in [0.2, 0.25) is 0 Å². The van der Waals surface area contributed by atoms with Gasteiger partial charge in [0.15, 0.2) is 0 Å². The molecule has 0 radical (unpaired) electrons. The van der Waals surface area contributed by atoms with Crippen LogP contribution in [0, 0.1) is 17.2 Å². The molecule has 0 aliphatic rings. The fourth-order valence-electron chi connectivity index (χ4n) is 2.20. The van der Waals surface area contributed by atoms with Crippen molar-refractivity contribution in [2.75, 3.05) is 18.0 Å². The lowest BCUT2D eigenvalue weighted by Crippen LogP contribution is -2.28. The zero-order valence-electron chi connectivity index (χ0n) is 14.1. The van der Waals surface area contributed by atoms with Crippen LogP contribution < -0.4 is 4.90 Å². The Balaban J connectivity index is 3.10. The molecule has 0 aliphatic heterocycles. The van der Waals surface area contributed by atoms with Crippen LogP contribution >= 0.6 is 11.3 Å². The van der Waals surface area contributed by atoms with Crippen molar-refractivity contribution in [3.05, 3.63) is 16.5 Å². The number of carboxylic acids is 1. The molecule has 0 aliphatic carbocycles. The average molecular weight is 322 g/mol. The third-order valence-electron chi connectivity index (χ3n) is 3.55. The molecule has 0 spiro atoms. The summed E-state index contributed by atoms with van der Waals surface area (Å²) in [6.07, 6.45) is 1.07. The van der Waals surface area contributed by atoms with Crippen LogP contribution in [-0.4, -0.2) is 24.2 Å². The molecule has 1 N–H and O–H groups in total. The second-order valence-corrected chi connectivity index (χ2v) is 7.86. The topological polar surface area (TPSA) is 64.3 Å². The smallest absolute Gasteiger partial charge is 0.305 e. The molecule has 0 saturated heterocycles. The molecule has 22 heavy (non-hydrogen) atoms. The monoisotopic (exact) mass is 322 g/mol. The minimum atomic E-state index is -0.805. The molecule has 0 amide bonds. The highest BCUT2D eigenvalue weighted by molar-refractivity contribution is 7.14. The van der Waals surface area contributed by atoms with Crippen LogP contribution in [0.4, 0.5) is 5.00 Å². The number of nitrogens with zero attached hydrogens (tertiary/aromatic N) is 2. The number of nitriles is 1. The van der Waals surface area contributed by atoms with E-state index in [0.717, 1.165) is 23.5 Å². The fraction of sp³-hybridized carbons (Fsp3) is 0.647. The van der Waals surface area contributed by atoms with Crippen molar-refractivity contribution in [2.45, 2.75) is 52.9 Å². The summed E-state index contributed by atoms with van der Waals surface area (Å²) in [5.41, 5.74) is 1.66. The van der Waals surface area contributed by atoms with Crippen LogP contribution in [0.3, 0.4) is 0 Å². The molecule has 0 aromatic carbocycles. The highest BCUT2D eigenvalue weighted by Crippen LogP contribution is 2.38. The van der Waals surface area contributed by atoms with Gasteiger partial charge in [0, 0.05) is 13.1 Å². The van der Waals surface area contributed by atoms with Gasteiger partial charge in [-0.1, -0.05) is 34.6 Å². The van der Waals surface area contributed by atoms with E-state index >= 15 is 0 Å². The first-order chi connectivity index (χ1) is 10.2. The van der Waals surface area contributed by atoms with Gasteiger partial charge in [-0.3, -0.25) is 4.79 Å². The number of aliphatic carboxylic acids is 1. The quantitative estimate of drug-likeness (QED) is 0.815. The fourth-order valence-corrected chi connectivity index (χ4v) is 3.51. The lowest BCUT2D eigenvalue weighted by atomic mass is 9.86. The maximum Gasteiger partial charge on any atom is 0.305 e. The Bertz CT molecular complexity index is 550. The van der Waals surface area contributed by atoms with E-state index in [9.17, 15) is 10.1 Å². The lowest BCUT2D eigenvalue weighted by molar-refractivity contribution is -0.136. The van der Waals surface area contributed by atoms with E-state index in [2.05, 4.69) is 45.6 Å². The summed E-state index contributed by atoms with van der Waals surface area (Å²) in [6, 6.07) is 2.33. The van der Waals surface area contributed by atoms with Gasteiger partial charge in [0.05, 0.1) is 12.0 Å². The number of anilines is 1. The Labute approximate surface area is 137 Å². The average Bonchev–Trinajstić information content (AvgIpc) is 2.81. The van der Waals surface area contributed by atoms with Crippen molar-refractivity contribution in [2.24, 2.45) is 5.92 Å². The molecule has 0 saturated carbocycles. The van der Waals surface area contributed by atoms with Crippen molar-refractivity contribution < 1.29 is 9.90 Å². The van der Waals surface area contributed by atoms with Gasteiger partial charge in [-0.05, 0) is 28.7 Å². The van der Waals surface area contributed by atoms with E-state index in [0.29, 0.717) is 18.0 Å². The van der Waals surface area contributed by atoms with Gasteiger partial charge in [0.1, 0.15) is 11.1 Å². The minimum Gasteiger partial charge on any atom is -0.481 e. The SMILES string of the molecule is CC(C)CCN(CCC(=O)O)c1scc(C(C)(C)C)c1C#N. The standard InChI is InChI=1S/C17H26N2O2S/c1-12(2)6-8-19(9-7-15(20)21)16-13(10-18)14(11-22-16)17(3,4)5/h11-12H,6-9H2,1-5H3,(H,20,21). The second-order valence-electron chi connectivity index (χ2n) is 7.00. The Morgan fingerprint density at radius 3 is 2.50 bits per heavy atom. The Morgan fingerprint density at radius 1 is 1.41 bits per heavy atom. The minimum absolute atomic E-state index is 0.0870. The summed E-state index contributed by atoms with van der Waals surface area (Å²) in [5.74, 6) is -0.263. The Morgan fingerprint density at radius 2 is 2.05 bits per heavy atom.